The van der Waals surface area contributed by atoms with Crippen molar-refractivity contribution in [1.82, 2.24) is 10.2 Å². The Kier molecular flexibility index (Phi) is 4.88. The van der Waals surface area contributed by atoms with Gasteiger partial charge < -0.3 is 19.7 Å². The minimum atomic E-state index is -0.489. The van der Waals surface area contributed by atoms with Crippen molar-refractivity contribution in [3.8, 4) is 5.75 Å². The predicted molar refractivity (Wildman–Crippen MR) is 93.5 cm³/mol. The van der Waals surface area contributed by atoms with Crippen molar-refractivity contribution >= 4 is 12.0 Å². The topological polar surface area (TPSA) is 67.9 Å². The van der Waals surface area contributed by atoms with Gasteiger partial charge in [0.15, 0.2) is 6.10 Å². The van der Waals surface area contributed by atoms with Gasteiger partial charge in [0.05, 0.1) is 0 Å². The van der Waals surface area contributed by atoms with Gasteiger partial charge in [-0.1, -0.05) is 18.2 Å². The number of ether oxygens (including phenoxy) is 2. The highest BCUT2D eigenvalue weighted by molar-refractivity contribution is 5.82. The number of rotatable bonds is 2. The van der Waals surface area contributed by atoms with Crippen molar-refractivity contribution in [1.29, 1.82) is 0 Å². The summed E-state index contributed by atoms with van der Waals surface area (Å²) in [6.45, 7) is 6.75. The largest absolute Gasteiger partial charge is 0.480 e. The van der Waals surface area contributed by atoms with Crippen LogP contribution in [0, 0.1) is 0 Å². The molecule has 0 spiro atoms. The average Bonchev–Trinajstić information content (AvgIpc) is 2.98. The zero-order valence-electron chi connectivity index (χ0n) is 15.1. The number of hydrogen-bond donors (Lipinski definition) is 1. The van der Waals surface area contributed by atoms with E-state index < -0.39 is 11.7 Å². The number of nitrogens with one attached hydrogen (secondary N) is 1. The molecule has 1 saturated heterocycles. The van der Waals surface area contributed by atoms with Crippen molar-refractivity contribution in [2.45, 2.75) is 57.8 Å². The van der Waals surface area contributed by atoms with Crippen LogP contribution in [-0.4, -0.2) is 47.7 Å². The van der Waals surface area contributed by atoms with E-state index in [4.69, 9.17) is 9.47 Å². The Morgan fingerprint density at radius 1 is 1.20 bits per heavy atom. The van der Waals surface area contributed by atoms with E-state index in [2.05, 4.69) is 5.32 Å². The Morgan fingerprint density at radius 3 is 2.52 bits per heavy atom. The fourth-order valence-electron chi connectivity index (χ4n) is 3.16. The zero-order chi connectivity index (χ0) is 18.0. The van der Waals surface area contributed by atoms with Gasteiger partial charge in [-0.3, -0.25) is 4.79 Å². The normalized spacial score (nSPS) is 20.6. The lowest BCUT2D eigenvalue weighted by molar-refractivity contribution is -0.128. The SMILES string of the molecule is CC(C)(C)OC(=O)N1CCC(NC(=O)C2Cc3ccccc3O2)CC1. The van der Waals surface area contributed by atoms with Crippen molar-refractivity contribution in [2.24, 2.45) is 0 Å². The molecular formula is C19H26N2O4. The van der Waals surface area contributed by atoms with Crippen molar-refractivity contribution in [3.05, 3.63) is 29.8 Å². The number of carbonyl (C=O) groups is 2. The third-order valence-electron chi connectivity index (χ3n) is 4.43. The second-order valence-corrected chi connectivity index (χ2v) is 7.67. The molecule has 25 heavy (non-hydrogen) atoms. The second kappa shape index (κ2) is 6.94. The van der Waals surface area contributed by atoms with Crippen LogP contribution in [-0.2, 0) is 16.0 Å². The second-order valence-electron chi connectivity index (χ2n) is 7.67. The summed E-state index contributed by atoms with van der Waals surface area (Å²) < 4.78 is 11.1. The molecule has 1 aromatic carbocycles. The Bertz CT molecular complexity index is 620. The Hall–Kier alpha value is -2.24. The summed E-state index contributed by atoms with van der Waals surface area (Å²) in [5, 5.41) is 3.06. The third kappa shape index (κ3) is 4.44. The molecule has 0 bridgehead atoms. The van der Waals surface area contributed by atoms with Crippen LogP contribution in [0.5, 0.6) is 5.75 Å². The van der Waals surface area contributed by atoms with Gasteiger partial charge in [0.25, 0.3) is 5.91 Å². The first-order chi connectivity index (χ1) is 11.8. The molecule has 0 aromatic heterocycles. The number of amides is 2. The lowest BCUT2D eigenvalue weighted by atomic mass is 10.0. The van der Waals surface area contributed by atoms with Crippen molar-refractivity contribution in [3.63, 3.8) is 0 Å². The highest BCUT2D eigenvalue weighted by atomic mass is 16.6. The van der Waals surface area contributed by atoms with Gasteiger partial charge >= 0.3 is 6.09 Å². The summed E-state index contributed by atoms with van der Waals surface area (Å²) in [7, 11) is 0. The van der Waals surface area contributed by atoms with Gasteiger partial charge in [-0.25, -0.2) is 4.79 Å². The molecule has 136 valence electrons. The number of nitrogens with zero attached hydrogens (tertiary/aromatic N) is 1. The minimum Gasteiger partial charge on any atom is -0.480 e. The van der Waals surface area contributed by atoms with Crippen LogP contribution in [0.1, 0.15) is 39.2 Å². The maximum absolute atomic E-state index is 12.4. The molecule has 1 fully saturated rings. The standard InChI is InChI=1S/C19H26N2O4/c1-19(2,3)25-18(23)21-10-8-14(9-11-21)20-17(22)16-12-13-6-4-5-7-15(13)24-16/h4-7,14,16H,8-12H2,1-3H3,(H,20,22). The lowest BCUT2D eigenvalue weighted by Gasteiger charge is -2.34. The summed E-state index contributed by atoms with van der Waals surface area (Å²) in [5.74, 6) is 0.717. The van der Waals surface area contributed by atoms with Crippen LogP contribution >= 0.6 is 0 Å². The molecule has 2 aliphatic rings. The number of likely N-dealkylation sites (tertiary alicyclic amines) is 1. The molecule has 0 saturated carbocycles. The summed E-state index contributed by atoms with van der Waals surface area (Å²) in [6, 6.07) is 7.81. The van der Waals surface area contributed by atoms with E-state index in [1.54, 1.807) is 4.90 Å². The monoisotopic (exact) mass is 346 g/mol. The highest BCUT2D eigenvalue weighted by Crippen LogP contribution is 2.28. The number of piperidine rings is 1. The average molecular weight is 346 g/mol. The first kappa shape index (κ1) is 17.6. The van der Waals surface area contributed by atoms with E-state index in [1.165, 1.54) is 0 Å². The number of hydrogen-bond acceptors (Lipinski definition) is 4. The molecule has 6 heteroatoms. The lowest BCUT2D eigenvalue weighted by Crippen LogP contribution is -2.50. The van der Waals surface area contributed by atoms with Crippen LogP contribution in [0.2, 0.25) is 0 Å². The van der Waals surface area contributed by atoms with Crippen molar-refractivity contribution in [2.75, 3.05) is 13.1 Å². The molecule has 0 radical (unpaired) electrons. The van der Waals surface area contributed by atoms with E-state index in [1.807, 2.05) is 45.0 Å². The van der Waals surface area contributed by atoms with Gasteiger partial charge in [-0.15, -0.1) is 0 Å². The van der Waals surface area contributed by atoms with Crippen LogP contribution < -0.4 is 10.1 Å². The van der Waals surface area contributed by atoms with E-state index in [0.717, 1.165) is 24.2 Å². The fourth-order valence-corrected chi connectivity index (χ4v) is 3.16. The van der Waals surface area contributed by atoms with Crippen molar-refractivity contribution < 1.29 is 19.1 Å². The van der Waals surface area contributed by atoms with Gasteiger partial charge in [0.1, 0.15) is 11.4 Å². The molecule has 1 atom stereocenters. The Morgan fingerprint density at radius 2 is 1.88 bits per heavy atom. The molecule has 2 aliphatic heterocycles. The van der Waals surface area contributed by atoms with Crippen LogP contribution in [0.4, 0.5) is 4.79 Å². The molecule has 0 aliphatic carbocycles. The van der Waals surface area contributed by atoms with Gasteiger partial charge in [-0.05, 0) is 45.2 Å². The molecular weight excluding hydrogens is 320 g/mol. The fraction of sp³-hybridized carbons (Fsp3) is 0.579. The summed E-state index contributed by atoms with van der Waals surface area (Å²) >= 11 is 0. The Balaban J connectivity index is 1.45. The maximum atomic E-state index is 12.4. The third-order valence-corrected chi connectivity index (χ3v) is 4.43. The van der Waals surface area contributed by atoms with Crippen LogP contribution in [0.25, 0.3) is 0 Å². The molecule has 3 rings (SSSR count). The zero-order valence-corrected chi connectivity index (χ0v) is 15.1. The van der Waals surface area contributed by atoms with E-state index in [9.17, 15) is 9.59 Å². The maximum Gasteiger partial charge on any atom is 0.410 e. The highest BCUT2D eigenvalue weighted by Gasteiger charge is 2.32. The van der Waals surface area contributed by atoms with E-state index in [-0.39, 0.29) is 18.0 Å². The van der Waals surface area contributed by atoms with Crippen LogP contribution in [0.3, 0.4) is 0 Å². The molecule has 1 N–H and O–H groups in total. The molecule has 1 unspecified atom stereocenters. The number of carbonyl (C=O) groups excluding carboxylic acids is 2. The predicted octanol–water partition coefficient (Wildman–Crippen LogP) is 2.51. The van der Waals surface area contributed by atoms with Crippen LogP contribution in [0.15, 0.2) is 24.3 Å². The van der Waals surface area contributed by atoms with E-state index in [0.29, 0.717) is 19.5 Å². The van der Waals surface area contributed by atoms with Gasteiger partial charge in [0, 0.05) is 25.6 Å². The number of fused-ring (bicyclic) bond motifs is 1. The molecule has 2 amide bonds. The van der Waals surface area contributed by atoms with Gasteiger partial charge in [-0.2, -0.15) is 0 Å². The first-order valence-electron chi connectivity index (χ1n) is 8.85. The molecule has 1 aromatic rings. The summed E-state index contributed by atoms with van der Waals surface area (Å²) in [5.41, 5.74) is 0.583. The number of benzene rings is 1. The number of para-hydroxylation sites is 1. The van der Waals surface area contributed by atoms with E-state index >= 15 is 0 Å². The summed E-state index contributed by atoms with van der Waals surface area (Å²) in [4.78, 5) is 26.2. The summed E-state index contributed by atoms with van der Waals surface area (Å²) in [6.07, 6.45) is 1.32. The molecule has 6 nitrogen and oxygen atoms in total. The van der Waals surface area contributed by atoms with Gasteiger partial charge in [0.2, 0.25) is 0 Å². The smallest absolute Gasteiger partial charge is 0.410 e. The first-order valence-corrected chi connectivity index (χ1v) is 8.85. The Labute approximate surface area is 148 Å². The minimum absolute atomic E-state index is 0.0681. The quantitative estimate of drug-likeness (QED) is 0.893. The molecule has 2 heterocycles.